The molecule has 108 valence electrons. The quantitative estimate of drug-likeness (QED) is 0.628. The predicted molar refractivity (Wildman–Crippen MR) is 66.1 cm³/mol. The van der Waals surface area contributed by atoms with Crippen molar-refractivity contribution in [3.8, 4) is 0 Å². The molecule has 1 aromatic rings. The maximum absolute atomic E-state index is 13.3. The van der Waals surface area contributed by atoms with Crippen LogP contribution in [0.2, 0.25) is 0 Å². The molecule has 0 saturated heterocycles. The average Bonchev–Trinajstić information content (AvgIpc) is 2.27. The van der Waals surface area contributed by atoms with Crippen molar-refractivity contribution in [2.24, 2.45) is 0 Å². The summed E-state index contributed by atoms with van der Waals surface area (Å²) in [5.41, 5.74) is 0. The van der Waals surface area contributed by atoms with E-state index >= 15 is 0 Å². The van der Waals surface area contributed by atoms with Gasteiger partial charge < -0.3 is 10.4 Å². The van der Waals surface area contributed by atoms with E-state index in [1.54, 1.807) is 6.92 Å². The molecule has 1 aromatic carbocycles. The van der Waals surface area contributed by atoms with E-state index in [9.17, 15) is 17.2 Å². The molecule has 5 nitrogen and oxygen atoms in total. The van der Waals surface area contributed by atoms with Crippen molar-refractivity contribution in [3.63, 3.8) is 0 Å². The minimum Gasteiger partial charge on any atom is -0.392 e. The Morgan fingerprint density at radius 2 is 2.00 bits per heavy atom. The topological polar surface area (TPSA) is 78.4 Å². The second kappa shape index (κ2) is 6.90. The third-order valence-electron chi connectivity index (χ3n) is 2.22. The fraction of sp³-hybridized carbons (Fsp3) is 0.455. The first-order valence-electron chi connectivity index (χ1n) is 5.66. The number of hydrogen-bond donors (Lipinski definition) is 3. The maximum Gasteiger partial charge on any atom is 0.243 e. The lowest BCUT2D eigenvalue weighted by Gasteiger charge is -2.09. The van der Waals surface area contributed by atoms with Gasteiger partial charge in [0.2, 0.25) is 10.0 Å². The molecule has 1 atom stereocenters. The molecule has 0 aliphatic heterocycles. The maximum atomic E-state index is 13.3. The van der Waals surface area contributed by atoms with Gasteiger partial charge in [-0.05, 0) is 19.1 Å². The second-order valence-corrected chi connectivity index (χ2v) is 5.76. The molecule has 0 saturated carbocycles. The molecule has 8 heteroatoms. The third-order valence-corrected chi connectivity index (χ3v) is 3.71. The zero-order valence-corrected chi connectivity index (χ0v) is 11.2. The van der Waals surface area contributed by atoms with E-state index in [-0.39, 0.29) is 13.1 Å². The summed E-state index contributed by atoms with van der Waals surface area (Å²) in [5.74, 6) is -1.97. The number of sulfonamides is 1. The zero-order valence-electron chi connectivity index (χ0n) is 10.4. The first kappa shape index (κ1) is 16.0. The molecule has 1 unspecified atom stereocenters. The number of benzene rings is 1. The number of halogens is 2. The van der Waals surface area contributed by atoms with Crippen LogP contribution < -0.4 is 10.0 Å². The SMILES string of the molecule is CC(O)CNCCNS(=O)(=O)c1ccc(F)cc1F. The Morgan fingerprint density at radius 3 is 2.58 bits per heavy atom. The van der Waals surface area contributed by atoms with Gasteiger partial charge in [0.25, 0.3) is 0 Å². The summed E-state index contributed by atoms with van der Waals surface area (Å²) in [5, 5.41) is 11.8. The van der Waals surface area contributed by atoms with Gasteiger partial charge in [0.1, 0.15) is 16.5 Å². The molecule has 0 heterocycles. The molecular weight excluding hydrogens is 278 g/mol. The van der Waals surface area contributed by atoms with Crippen LogP contribution in [0, 0.1) is 11.6 Å². The molecule has 0 aliphatic carbocycles. The molecule has 0 aromatic heterocycles. The van der Waals surface area contributed by atoms with E-state index in [0.29, 0.717) is 12.6 Å². The Morgan fingerprint density at radius 1 is 1.32 bits per heavy atom. The number of aliphatic hydroxyl groups excluding tert-OH is 1. The van der Waals surface area contributed by atoms with Crippen LogP contribution in [0.3, 0.4) is 0 Å². The Labute approximate surface area is 110 Å². The Balaban J connectivity index is 2.56. The minimum absolute atomic E-state index is 0.0336. The van der Waals surface area contributed by atoms with Crippen LogP contribution in [0.15, 0.2) is 23.1 Å². The van der Waals surface area contributed by atoms with Crippen molar-refractivity contribution < 1.29 is 22.3 Å². The van der Waals surface area contributed by atoms with Crippen LogP contribution in [0.5, 0.6) is 0 Å². The second-order valence-electron chi connectivity index (χ2n) is 4.03. The fourth-order valence-corrected chi connectivity index (χ4v) is 2.44. The molecule has 0 spiro atoms. The van der Waals surface area contributed by atoms with E-state index in [0.717, 1.165) is 12.1 Å². The van der Waals surface area contributed by atoms with Crippen molar-refractivity contribution >= 4 is 10.0 Å². The summed E-state index contributed by atoms with van der Waals surface area (Å²) in [4.78, 5) is -0.593. The lowest BCUT2D eigenvalue weighted by atomic mass is 10.3. The molecule has 19 heavy (non-hydrogen) atoms. The molecule has 3 N–H and O–H groups in total. The van der Waals surface area contributed by atoms with Gasteiger partial charge in [-0.3, -0.25) is 0 Å². The van der Waals surface area contributed by atoms with E-state index in [1.165, 1.54) is 0 Å². The van der Waals surface area contributed by atoms with E-state index < -0.39 is 32.7 Å². The molecule has 1 rings (SSSR count). The smallest absolute Gasteiger partial charge is 0.243 e. The highest BCUT2D eigenvalue weighted by molar-refractivity contribution is 7.89. The van der Waals surface area contributed by atoms with Gasteiger partial charge in [-0.1, -0.05) is 0 Å². The monoisotopic (exact) mass is 294 g/mol. The molecule has 0 amide bonds. The minimum atomic E-state index is -4.00. The highest BCUT2D eigenvalue weighted by Crippen LogP contribution is 2.14. The number of rotatable bonds is 7. The lowest BCUT2D eigenvalue weighted by molar-refractivity contribution is 0.192. The summed E-state index contributed by atoms with van der Waals surface area (Å²) in [6.45, 7) is 2.23. The van der Waals surface area contributed by atoms with Gasteiger partial charge in [0.05, 0.1) is 6.10 Å². The highest BCUT2D eigenvalue weighted by atomic mass is 32.2. The summed E-state index contributed by atoms with van der Waals surface area (Å²) in [7, 11) is -4.00. The molecule has 0 bridgehead atoms. The highest BCUT2D eigenvalue weighted by Gasteiger charge is 2.18. The summed E-state index contributed by atoms with van der Waals surface area (Å²) in [6, 6.07) is 2.26. The van der Waals surface area contributed by atoms with Crippen LogP contribution in [0.4, 0.5) is 8.78 Å². The van der Waals surface area contributed by atoms with Crippen LogP contribution in [-0.2, 0) is 10.0 Å². The van der Waals surface area contributed by atoms with Crippen molar-refractivity contribution in [2.45, 2.75) is 17.9 Å². The zero-order chi connectivity index (χ0) is 14.5. The van der Waals surface area contributed by atoms with E-state index in [1.807, 2.05) is 0 Å². The van der Waals surface area contributed by atoms with E-state index in [4.69, 9.17) is 5.11 Å². The Hall–Kier alpha value is -1.09. The van der Waals surface area contributed by atoms with Gasteiger partial charge in [0, 0.05) is 25.7 Å². The van der Waals surface area contributed by atoms with Gasteiger partial charge in [0.15, 0.2) is 0 Å². The van der Waals surface area contributed by atoms with Crippen molar-refractivity contribution in [2.75, 3.05) is 19.6 Å². The fourth-order valence-electron chi connectivity index (χ4n) is 1.36. The normalized spacial score (nSPS) is 13.5. The van der Waals surface area contributed by atoms with Crippen molar-refractivity contribution in [1.29, 1.82) is 0 Å². The van der Waals surface area contributed by atoms with Gasteiger partial charge in [-0.2, -0.15) is 0 Å². The largest absolute Gasteiger partial charge is 0.392 e. The molecule has 0 radical (unpaired) electrons. The average molecular weight is 294 g/mol. The predicted octanol–water partition coefficient (Wildman–Crippen LogP) is 0.214. The van der Waals surface area contributed by atoms with E-state index in [2.05, 4.69) is 10.0 Å². The summed E-state index contributed by atoms with van der Waals surface area (Å²) < 4.78 is 51.6. The van der Waals surface area contributed by atoms with Crippen LogP contribution in [0.25, 0.3) is 0 Å². The van der Waals surface area contributed by atoms with Gasteiger partial charge >= 0.3 is 0 Å². The van der Waals surface area contributed by atoms with Gasteiger partial charge in [-0.25, -0.2) is 21.9 Å². The third kappa shape index (κ3) is 5.19. The van der Waals surface area contributed by atoms with Crippen molar-refractivity contribution in [3.05, 3.63) is 29.8 Å². The summed E-state index contributed by atoms with van der Waals surface area (Å²) >= 11 is 0. The standard InChI is InChI=1S/C11H16F2N2O3S/c1-8(16)7-14-4-5-15-19(17,18)11-3-2-9(12)6-10(11)13/h2-3,6,8,14-16H,4-5,7H2,1H3. The molecule has 0 aliphatic rings. The van der Waals surface area contributed by atoms with Crippen LogP contribution in [0.1, 0.15) is 6.92 Å². The van der Waals surface area contributed by atoms with Crippen LogP contribution in [-0.4, -0.2) is 39.3 Å². The van der Waals surface area contributed by atoms with Crippen LogP contribution >= 0.6 is 0 Å². The molecular formula is C11H16F2N2O3S. The Bertz CT molecular complexity index is 521. The number of nitrogens with one attached hydrogen (secondary N) is 2. The van der Waals surface area contributed by atoms with Gasteiger partial charge in [-0.15, -0.1) is 0 Å². The first-order valence-corrected chi connectivity index (χ1v) is 7.15. The Kier molecular flexibility index (Phi) is 5.80. The number of hydrogen-bond acceptors (Lipinski definition) is 4. The number of aliphatic hydroxyl groups is 1. The first-order chi connectivity index (χ1) is 8.83. The lowest BCUT2D eigenvalue weighted by Crippen LogP contribution is -2.34. The van der Waals surface area contributed by atoms with Crippen molar-refractivity contribution in [1.82, 2.24) is 10.0 Å². The molecule has 0 fully saturated rings. The summed E-state index contributed by atoms with van der Waals surface area (Å²) in [6.07, 6.45) is -0.536.